The molecule has 0 radical (unpaired) electrons. The number of carbonyl (C=O) groups excluding carboxylic acids is 1. The summed E-state index contributed by atoms with van der Waals surface area (Å²) in [6.45, 7) is 6.37. The Bertz CT molecular complexity index is 711. The van der Waals surface area contributed by atoms with Crippen molar-refractivity contribution in [3.05, 3.63) is 30.6 Å². The van der Waals surface area contributed by atoms with E-state index in [1.165, 1.54) is 0 Å². The van der Waals surface area contributed by atoms with E-state index in [4.69, 9.17) is 4.74 Å². The van der Waals surface area contributed by atoms with E-state index in [9.17, 15) is 4.79 Å². The molecule has 1 aromatic carbocycles. The molecule has 1 aliphatic rings. The standard InChI is InChI=1S/C18H25N5O2/c1-13(2)11-25-16-8-9-23(10-16)18(24)20-15-6-4-14(5-7-15)17-19-12-22(3)21-17/h4-7,12-13,16H,8-11H2,1-3H3,(H,20,24). The number of nitrogens with one attached hydrogen (secondary N) is 1. The van der Waals surface area contributed by atoms with Crippen molar-refractivity contribution in [2.45, 2.75) is 26.4 Å². The SMILES string of the molecule is CC(C)COC1CCN(C(=O)Nc2ccc(-c3ncn(C)n3)cc2)C1. The molecule has 0 saturated carbocycles. The van der Waals surface area contributed by atoms with Gasteiger partial charge < -0.3 is 15.0 Å². The van der Waals surface area contributed by atoms with Crippen LogP contribution in [0.15, 0.2) is 30.6 Å². The van der Waals surface area contributed by atoms with Crippen molar-refractivity contribution in [1.82, 2.24) is 19.7 Å². The second-order valence-electron chi connectivity index (χ2n) is 6.83. The van der Waals surface area contributed by atoms with Crippen LogP contribution in [0.1, 0.15) is 20.3 Å². The molecule has 2 heterocycles. The Kier molecular flexibility index (Phi) is 5.33. The van der Waals surface area contributed by atoms with Gasteiger partial charge in [-0.1, -0.05) is 13.8 Å². The number of aromatic nitrogens is 3. The highest BCUT2D eigenvalue weighted by molar-refractivity contribution is 5.89. The smallest absolute Gasteiger partial charge is 0.321 e. The Hall–Kier alpha value is -2.41. The first kappa shape index (κ1) is 17.4. The molecule has 134 valence electrons. The largest absolute Gasteiger partial charge is 0.376 e. The molecule has 0 spiro atoms. The molecule has 2 amide bonds. The summed E-state index contributed by atoms with van der Waals surface area (Å²) in [7, 11) is 1.83. The van der Waals surface area contributed by atoms with Crippen molar-refractivity contribution in [2.75, 3.05) is 25.0 Å². The van der Waals surface area contributed by atoms with Crippen LogP contribution in [0.3, 0.4) is 0 Å². The number of nitrogens with zero attached hydrogens (tertiary/aromatic N) is 4. The van der Waals surface area contributed by atoms with Gasteiger partial charge in [-0.3, -0.25) is 4.68 Å². The highest BCUT2D eigenvalue weighted by Crippen LogP contribution is 2.19. The van der Waals surface area contributed by atoms with E-state index in [2.05, 4.69) is 29.2 Å². The van der Waals surface area contributed by atoms with E-state index >= 15 is 0 Å². The Morgan fingerprint density at radius 2 is 2.12 bits per heavy atom. The molecule has 1 unspecified atom stereocenters. The van der Waals surface area contributed by atoms with Crippen LogP contribution in [0, 0.1) is 5.92 Å². The number of anilines is 1. The van der Waals surface area contributed by atoms with Crippen molar-refractivity contribution < 1.29 is 9.53 Å². The average molecular weight is 343 g/mol. The first-order valence-electron chi connectivity index (χ1n) is 8.65. The van der Waals surface area contributed by atoms with Crippen molar-refractivity contribution >= 4 is 11.7 Å². The quantitative estimate of drug-likeness (QED) is 0.906. The van der Waals surface area contributed by atoms with E-state index in [0.717, 1.165) is 30.8 Å². The molecule has 0 aliphatic carbocycles. The van der Waals surface area contributed by atoms with Gasteiger partial charge in [0.2, 0.25) is 0 Å². The summed E-state index contributed by atoms with van der Waals surface area (Å²) >= 11 is 0. The third-order valence-electron chi connectivity index (χ3n) is 4.09. The number of aryl methyl sites for hydroxylation is 1. The fourth-order valence-corrected chi connectivity index (χ4v) is 2.75. The van der Waals surface area contributed by atoms with Gasteiger partial charge in [-0.15, -0.1) is 0 Å². The maximum atomic E-state index is 12.4. The van der Waals surface area contributed by atoms with Gasteiger partial charge in [0, 0.05) is 38.0 Å². The van der Waals surface area contributed by atoms with Crippen LogP contribution in [0.4, 0.5) is 10.5 Å². The second kappa shape index (κ2) is 7.65. The van der Waals surface area contributed by atoms with E-state index < -0.39 is 0 Å². The lowest BCUT2D eigenvalue weighted by Crippen LogP contribution is -2.34. The number of hydrogen-bond donors (Lipinski definition) is 1. The number of amides is 2. The minimum absolute atomic E-state index is 0.0839. The van der Waals surface area contributed by atoms with Gasteiger partial charge >= 0.3 is 6.03 Å². The third kappa shape index (κ3) is 4.57. The van der Waals surface area contributed by atoms with Gasteiger partial charge in [0.1, 0.15) is 6.33 Å². The van der Waals surface area contributed by atoms with Gasteiger partial charge in [-0.2, -0.15) is 5.10 Å². The van der Waals surface area contributed by atoms with Crippen LogP contribution in [0.5, 0.6) is 0 Å². The summed E-state index contributed by atoms with van der Waals surface area (Å²) in [6, 6.07) is 7.46. The van der Waals surface area contributed by atoms with E-state index in [1.54, 1.807) is 15.9 Å². The van der Waals surface area contributed by atoms with Crippen molar-refractivity contribution in [2.24, 2.45) is 13.0 Å². The fourth-order valence-electron chi connectivity index (χ4n) is 2.75. The van der Waals surface area contributed by atoms with Crippen LogP contribution < -0.4 is 5.32 Å². The van der Waals surface area contributed by atoms with Gasteiger partial charge in [0.05, 0.1) is 6.10 Å². The number of rotatable bonds is 5. The fraction of sp³-hybridized carbons (Fsp3) is 0.500. The minimum Gasteiger partial charge on any atom is -0.376 e. The summed E-state index contributed by atoms with van der Waals surface area (Å²) in [6.07, 6.45) is 2.70. The van der Waals surface area contributed by atoms with E-state index in [1.807, 2.05) is 31.3 Å². The average Bonchev–Trinajstić information content (AvgIpc) is 3.23. The monoisotopic (exact) mass is 343 g/mol. The lowest BCUT2D eigenvalue weighted by Gasteiger charge is -2.18. The Morgan fingerprint density at radius 1 is 1.36 bits per heavy atom. The molecule has 1 atom stereocenters. The highest BCUT2D eigenvalue weighted by atomic mass is 16.5. The van der Waals surface area contributed by atoms with Crippen molar-refractivity contribution in [3.8, 4) is 11.4 Å². The molecule has 3 rings (SSSR count). The Labute approximate surface area is 148 Å². The Balaban J connectivity index is 1.53. The summed E-state index contributed by atoms with van der Waals surface area (Å²) in [5.74, 6) is 1.18. The zero-order valence-corrected chi connectivity index (χ0v) is 15.0. The number of likely N-dealkylation sites (tertiary alicyclic amines) is 1. The second-order valence-corrected chi connectivity index (χ2v) is 6.83. The minimum atomic E-state index is -0.0839. The molecule has 1 fully saturated rings. The molecule has 7 heteroatoms. The highest BCUT2D eigenvalue weighted by Gasteiger charge is 2.26. The molecule has 2 aromatic rings. The molecule has 1 aromatic heterocycles. The lowest BCUT2D eigenvalue weighted by atomic mass is 10.2. The van der Waals surface area contributed by atoms with Crippen LogP contribution >= 0.6 is 0 Å². The first-order chi connectivity index (χ1) is 12.0. The lowest BCUT2D eigenvalue weighted by molar-refractivity contribution is 0.0440. The molecule has 1 saturated heterocycles. The van der Waals surface area contributed by atoms with E-state index in [-0.39, 0.29) is 12.1 Å². The van der Waals surface area contributed by atoms with Crippen LogP contribution in [-0.4, -0.2) is 51.5 Å². The van der Waals surface area contributed by atoms with Gasteiger partial charge in [-0.25, -0.2) is 9.78 Å². The number of ether oxygens (including phenoxy) is 1. The number of benzene rings is 1. The molecular formula is C18H25N5O2. The normalized spacial score (nSPS) is 17.3. The van der Waals surface area contributed by atoms with Crippen LogP contribution in [-0.2, 0) is 11.8 Å². The van der Waals surface area contributed by atoms with Gasteiger partial charge in [-0.05, 0) is 36.6 Å². The maximum Gasteiger partial charge on any atom is 0.321 e. The predicted molar refractivity (Wildman–Crippen MR) is 96.2 cm³/mol. The summed E-state index contributed by atoms with van der Waals surface area (Å²) < 4.78 is 7.49. The molecule has 25 heavy (non-hydrogen) atoms. The van der Waals surface area contributed by atoms with Crippen molar-refractivity contribution in [1.29, 1.82) is 0 Å². The zero-order chi connectivity index (χ0) is 17.8. The molecule has 1 N–H and O–H groups in total. The van der Waals surface area contributed by atoms with E-state index in [0.29, 0.717) is 18.3 Å². The predicted octanol–water partition coefficient (Wildman–Crippen LogP) is 2.76. The molecule has 1 aliphatic heterocycles. The first-order valence-corrected chi connectivity index (χ1v) is 8.65. The molecule has 7 nitrogen and oxygen atoms in total. The van der Waals surface area contributed by atoms with Crippen LogP contribution in [0.2, 0.25) is 0 Å². The molecule has 0 bridgehead atoms. The summed E-state index contributed by atoms with van der Waals surface area (Å²) in [5, 5.41) is 7.21. The van der Waals surface area contributed by atoms with Crippen LogP contribution in [0.25, 0.3) is 11.4 Å². The summed E-state index contributed by atoms with van der Waals surface area (Å²) in [4.78, 5) is 18.4. The number of urea groups is 1. The van der Waals surface area contributed by atoms with Gasteiger partial charge in [0.25, 0.3) is 0 Å². The number of hydrogen-bond acceptors (Lipinski definition) is 4. The molecular weight excluding hydrogens is 318 g/mol. The van der Waals surface area contributed by atoms with Crippen molar-refractivity contribution in [3.63, 3.8) is 0 Å². The topological polar surface area (TPSA) is 72.3 Å². The third-order valence-corrected chi connectivity index (χ3v) is 4.09. The van der Waals surface area contributed by atoms with Gasteiger partial charge in [0.15, 0.2) is 5.82 Å². The Morgan fingerprint density at radius 3 is 2.76 bits per heavy atom. The maximum absolute atomic E-state index is 12.4. The zero-order valence-electron chi connectivity index (χ0n) is 15.0. The summed E-state index contributed by atoms with van der Waals surface area (Å²) in [5.41, 5.74) is 1.68. The number of carbonyl (C=O) groups is 1.